The van der Waals surface area contributed by atoms with E-state index in [4.69, 9.17) is 0 Å². The summed E-state index contributed by atoms with van der Waals surface area (Å²) >= 11 is 0. The predicted molar refractivity (Wildman–Crippen MR) is 124 cm³/mol. The first kappa shape index (κ1) is 28.5. The Labute approximate surface area is 173 Å². The van der Waals surface area contributed by atoms with Gasteiger partial charge in [0.2, 0.25) is 0 Å². The fourth-order valence-electron chi connectivity index (χ4n) is 4.97. The van der Waals surface area contributed by atoms with Gasteiger partial charge in [-0.05, 0) is 45.2 Å². The van der Waals surface area contributed by atoms with Gasteiger partial charge < -0.3 is 4.90 Å². The van der Waals surface area contributed by atoms with Crippen molar-refractivity contribution >= 4 is 12.4 Å². The van der Waals surface area contributed by atoms with Crippen LogP contribution in [0.25, 0.3) is 0 Å². The minimum atomic E-state index is 0. The Morgan fingerprint density at radius 3 is 1.38 bits per heavy atom. The minimum Gasteiger partial charge on any atom is -0.303 e. The van der Waals surface area contributed by atoms with Crippen LogP contribution in [0.5, 0.6) is 0 Å². The van der Waals surface area contributed by atoms with Gasteiger partial charge in [0, 0.05) is 5.54 Å². The first-order chi connectivity index (χ1) is 12.0. The monoisotopic (exact) mass is 389 g/mol. The molecule has 0 aliphatic carbocycles. The number of unbranched alkanes of at least 4 members (excludes halogenated alkanes) is 8. The molecule has 0 saturated heterocycles. The molecule has 0 fully saturated rings. The topological polar surface area (TPSA) is 3.24 Å². The van der Waals surface area contributed by atoms with E-state index in [1.165, 1.54) is 89.9 Å². The van der Waals surface area contributed by atoms with Gasteiger partial charge in [-0.2, -0.15) is 0 Å². The molecule has 2 atom stereocenters. The highest BCUT2D eigenvalue weighted by molar-refractivity contribution is 5.85. The molecule has 0 aliphatic heterocycles. The third-order valence-corrected chi connectivity index (χ3v) is 6.70. The maximum Gasteiger partial charge on any atom is 0.0254 e. The number of halogens is 1. The van der Waals surface area contributed by atoms with Crippen LogP contribution in [0.1, 0.15) is 125 Å². The smallest absolute Gasteiger partial charge is 0.0254 e. The molecule has 2 heteroatoms. The fraction of sp³-hybridized carbons (Fsp3) is 1.00. The molecule has 0 rings (SSSR count). The van der Waals surface area contributed by atoms with Crippen LogP contribution in [0, 0.1) is 11.8 Å². The molecule has 0 heterocycles. The molecular weight excluding hydrogens is 338 g/mol. The molecule has 0 aromatic heterocycles. The Morgan fingerprint density at radius 2 is 1.00 bits per heavy atom. The van der Waals surface area contributed by atoms with Crippen LogP contribution >= 0.6 is 12.4 Å². The van der Waals surface area contributed by atoms with Crippen molar-refractivity contribution < 1.29 is 0 Å². The molecule has 0 aromatic rings. The van der Waals surface area contributed by atoms with E-state index in [0.29, 0.717) is 5.54 Å². The highest BCUT2D eigenvalue weighted by atomic mass is 35.5. The van der Waals surface area contributed by atoms with Crippen LogP contribution in [0.15, 0.2) is 0 Å². The van der Waals surface area contributed by atoms with Crippen molar-refractivity contribution in [1.29, 1.82) is 0 Å². The molecule has 0 aromatic carbocycles. The Kier molecular flexibility index (Phi) is 19.0. The van der Waals surface area contributed by atoms with E-state index in [9.17, 15) is 0 Å². The zero-order chi connectivity index (χ0) is 19.1. The summed E-state index contributed by atoms with van der Waals surface area (Å²) < 4.78 is 0. The maximum atomic E-state index is 2.62. The van der Waals surface area contributed by atoms with Gasteiger partial charge >= 0.3 is 0 Å². The van der Waals surface area contributed by atoms with Gasteiger partial charge in [0.1, 0.15) is 0 Å². The Bertz CT molecular complexity index is 276. The molecule has 0 aliphatic rings. The third kappa shape index (κ3) is 9.98. The molecule has 0 N–H and O–H groups in total. The molecule has 2 unspecified atom stereocenters. The largest absolute Gasteiger partial charge is 0.303 e. The fourth-order valence-corrected chi connectivity index (χ4v) is 4.97. The molecule has 0 saturated carbocycles. The van der Waals surface area contributed by atoms with E-state index < -0.39 is 0 Å². The quantitative estimate of drug-likeness (QED) is 0.225. The van der Waals surface area contributed by atoms with E-state index in [0.717, 1.165) is 11.8 Å². The summed E-state index contributed by atoms with van der Waals surface area (Å²) in [4.78, 5) is 2.62. The van der Waals surface area contributed by atoms with Gasteiger partial charge in [0.15, 0.2) is 0 Å². The number of nitrogens with zero attached hydrogens (tertiary/aromatic N) is 1. The first-order valence-corrected chi connectivity index (χ1v) is 11.6. The summed E-state index contributed by atoms with van der Waals surface area (Å²) in [6.45, 7) is 12.1. The van der Waals surface area contributed by atoms with Crippen molar-refractivity contribution in [3.8, 4) is 0 Å². The minimum absolute atomic E-state index is 0. The molecule has 1 nitrogen and oxygen atoms in total. The second-order valence-electron chi connectivity index (χ2n) is 8.84. The van der Waals surface area contributed by atoms with Crippen LogP contribution in [-0.2, 0) is 0 Å². The summed E-state index contributed by atoms with van der Waals surface area (Å²) in [5.41, 5.74) is 0.397. The van der Waals surface area contributed by atoms with Gasteiger partial charge in [0.25, 0.3) is 0 Å². The lowest BCUT2D eigenvalue weighted by atomic mass is 9.68. The molecule has 160 valence electrons. The molecule has 0 bridgehead atoms. The van der Waals surface area contributed by atoms with Crippen molar-refractivity contribution in [1.82, 2.24) is 4.90 Å². The summed E-state index contributed by atoms with van der Waals surface area (Å²) in [5, 5.41) is 0. The Balaban J connectivity index is 0. The second kappa shape index (κ2) is 17.4. The zero-order valence-electron chi connectivity index (χ0n) is 19.4. The average molecular weight is 390 g/mol. The summed E-state index contributed by atoms with van der Waals surface area (Å²) in [6.07, 6.45) is 19.5. The van der Waals surface area contributed by atoms with E-state index in [-0.39, 0.29) is 12.4 Å². The van der Waals surface area contributed by atoms with Crippen LogP contribution < -0.4 is 0 Å². The van der Waals surface area contributed by atoms with E-state index in [2.05, 4.69) is 53.6 Å². The SMILES string of the molecule is CCCCCCCCCC(C(C)CCCC)(C(C)CCCC)N(C)C.Cl. The van der Waals surface area contributed by atoms with Gasteiger partial charge in [-0.3, -0.25) is 0 Å². The van der Waals surface area contributed by atoms with Crippen molar-refractivity contribution in [3.05, 3.63) is 0 Å². The lowest BCUT2D eigenvalue weighted by Crippen LogP contribution is -2.54. The van der Waals surface area contributed by atoms with Gasteiger partial charge in [-0.1, -0.05) is 105 Å². The number of hydrogen-bond acceptors (Lipinski definition) is 1. The maximum absolute atomic E-state index is 2.62. The molecule has 26 heavy (non-hydrogen) atoms. The van der Waals surface area contributed by atoms with E-state index in [1.54, 1.807) is 0 Å². The van der Waals surface area contributed by atoms with E-state index in [1.807, 2.05) is 0 Å². The first-order valence-electron chi connectivity index (χ1n) is 11.6. The van der Waals surface area contributed by atoms with Crippen LogP contribution in [0.3, 0.4) is 0 Å². The summed E-state index contributed by atoms with van der Waals surface area (Å²) in [5.74, 6) is 1.60. The molecule has 0 amide bonds. The number of hydrogen-bond donors (Lipinski definition) is 0. The van der Waals surface area contributed by atoms with Gasteiger partial charge in [-0.15, -0.1) is 12.4 Å². The normalized spacial score (nSPS) is 16.2. The Hall–Kier alpha value is 0.250. The summed E-state index contributed by atoms with van der Waals surface area (Å²) in [6, 6.07) is 0. The van der Waals surface area contributed by atoms with Crippen molar-refractivity contribution in [2.24, 2.45) is 11.8 Å². The highest BCUT2D eigenvalue weighted by Crippen LogP contribution is 2.41. The van der Waals surface area contributed by atoms with Crippen LogP contribution in [0.2, 0.25) is 0 Å². The lowest BCUT2D eigenvalue weighted by molar-refractivity contribution is 0.00993. The standard InChI is InChI=1S/C24H51N.ClH/c1-8-11-14-15-16-17-18-21-24(25(6)7,22(4)19-12-9-2)23(5)20-13-10-3;/h22-23H,8-21H2,1-7H3;1H. The number of rotatable bonds is 17. The second-order valence-corrected chi connectivity index (χ2v) is 8.84. The molecule has 0 spiro atoms. The van der Waals surface area contributed by atoms with Crippen LogP contribution in [-0.4, -0.2) is 24.5 Å². The zero-order valence-corrected chi connectivity index (χ0v) is 20.2. The third-order valence-electron chi connectivity index (χ3n) is 6.70. The average Bonchev–Trinajstić information content (AvgIpc) is 2.59. The predicted octanol–water partition coefficient (Wildman–Crippen LogP) is 8.50. The van der Waals surface area contributed by atoms with Crippen molar-refractivity contribution in [2.75, 3.05) is 14.1 Å². The Morgan fingerprint density at radius 1 is 0.615 bits per heavy atom. The summed E-state index contributed by atoms with van der Waals surface area (Å²) in [7, 11) is 4.71. The lowest BCUT2D eigenvalue weighted by Gasteiger charge is -2.50. The van der Waals surface area contributed by atoms with Crippen molar-refractivity contribution in [2.45, 2.75) is 130 Å². The van der Waals surface area contributed by atoms with E-state index >= 15 is 0 Å². The highest BCUT2D eigenvalue weighted by Gasteiger charge is 2.41. The van der Waals surface area contributed by atoms with Gasteiger partial charge in [-0.25, -0.2) is 0 Å². The van der Waals surface area contributed by atoms with Gasteiger partial charge in [0.05, 0.1) is 0 Å². The van der Waals surface area contributed by atoms with Crippen LogP contribution in [0.4, 0.5) is 0 Å². The van der Waals surface area contributed by atoms with Crippen molar-refractivity contribution in [3.63, 3.8) is 0 Å². The molecular formula is C24H52ClN. The molecule has 0 radical (unpaired) electrons.